The van der Waals surface area contributed by atoms with Gasteiger partial charge in [-0.2, -0.15) is 5.10 Å². The van der Waals surface area contributed by atoms with E-state index in [1.165, 1.54) is 0 Å². The van der Waals surface area contributed by atoms with Crippen LogP contribution < -0.4 is 5.32 Å². The maximum atomic E-state index is 12.8. The highest BCUT2D eigenvalue weighted by molar-refractivity contribution is 6.35. The number of amides is 1. The van der Waals surface area contributed by atoms with E-state index in [0.717, 1.165) is 16.6 Å². The summed E-state index contributed by atoms with van der Waals surface area (Å²) in [6.07, 6.45) is 2.16. The zero-order chi connectivity index (χ0) is 18.3. The van der Waals surface area contributed by atoms with E-state index >= 15 is 0 Å². The molecule has 0 aliphatic carbocycles. The Morgan fingerprint density at radius 1 is 1.35 bits per heavy atom. The van der Waals surface area contributed by atoms with Crippen molar-refractivity contribution >= 4 is 34.2 Å². The quantitative estimate of drug-likeness (QED) is 0.764. The summed E-state index contributed by atoms with van der Waals surface area (Å²) in [4.78, 5) is 17.3. The number of rotatable bonds is 3. The number of carbonyl (C=O) groups is 1. The summed E-state index contributed by atoms with van der Waals surface area (Å²) in [5.74, 6) is 0.112. The number of anilines is 1. The number of aryl methyl sites for hydroxylation is 1. The van der Waals surface area contributed by atoms with Crippen LogP contribution in [0.4, 0.5) is 5.82 Å². The molecule has 2 aromatic heterocycles. The normalized spacial score (nSPS) is 19.8. The molecule has 134 valence electrons. The number of para-hydroxylation sites is 1. The molecule has 1 aliphatic heterocycles. The van der Waals surface area contributed by atoms with Crippen LogP contribution in [-0.2, 0) is 16.6 Å². The standard InChI is InChI=1S/C19H19ClN4O2/c1-11-14(10-21-24(11)2)18-13(8-9-26-18)19(25)23-16-7-6-12-4-3-5-15(20)17(12)22-16/h3-7,10,13,18H,8-9H2,1-2H3,(H,22,23,25)/t13-,18-/m0/s1. The molecule has 4 rings (SSSR count). The summed E-state index contributed by atoms with van der Waals surface area (Å²) in [5, 5.41) is 8.67. The van der Waals surface area contributed by atoms with E-state index < -0.39 is 0 Å². The second-order valence-electron chi connectivity index (χ2n) is 6.49. The molecule has 6 nitrogen and oxygen atoms in total. The molecule has 0 saturated carbocycles. The molecule has 1 fully saturated rings. The van der Waals surface area contributed by atoms with E-state index in [-0.39, 0.29) is 17.9 Å². The number of halogens is 1. The number of nitrogens with one attached hydrogen (secondary N) is 1. The van der Waals surface area contributed by atoms with Gasteiger partial charge in [0.15, 0.2) is 0 Å². The molecule has 0 spiro atoms. The molecule has 1 saturated heterocycles. The molecule has 3 aromatic rings. The number of nitrogens with zero attached hydrogens (tertiary/aromatic N) is 3. The van der Waals surface area contributed by atoms with Gasteiger partial charge in [0.1, 0.15) is 5.82 Å². The van der Waals surface area contributed by atoms with E-state index in [4.69, 9.17) is 16.3 Å². The van der Waals surface area contributed by atoms with Gasteiger partial charge in [0.05, 0.1) is 28.8 Å². The largest absolute Gasteiger partial charge is 0.373 e. The van der Waals surface area contributed by atoms with Crippen molar-refractivity contribution in [1.29, 1.82) is 0 Å². The van der Waals surface area contributed by atoms with Crippen LogP contribution in [-0.4, -0.2) is 27.3 Å². The van der Waals surface area contributed by atoms with Crippen LogP contribution in [0, 0.1) is 12.8 Å². The van der Waals surface area contributed by atoms with Crippen LogP contribution in [0.2, 0.25) is 5.02 Å². The first-order chi connectivity index (χ1) is 12.5. The van der Waals surface area contributed by atoms with Crippen LogP contribution in [0.5, 0.6) is 0 Å². The van der Waals surface area contributed by atoms with Crippen molar-refractivity contribution in [3.05, 3.63) is 52.8 Å². The maximum Gasteiger partial charge on any atom is 0.231 e. The Hall–Kier alpha value is -2.44. The number of hydrogen-bond acceptors (Lipinski definition) is 4. The third-order valence-corrected chi connectivity index (χ3v) is 5.24. The van der Waals surface area contributed by atoms with Crippen LogP contribution >= 0.6 is 11.6 Å². The Balaban J connectivity index is 1.57. The topological polar surface area (TPSA) is 69.0 Å². The zero-order valence-electron chi connectivity index (χ0n) is 14.6. The molecule has 3 heterocycles. The number of fused-ring (bicyclic) bond motifs is 1. The molecular formula is C19H19ClN4O2. The molecule has 0 radical (unpaired) electrons. The second-order valence-corrected chi connectivity index (χ2v) is 6.90. The van der Waals surface area contributed by atoms with Crippen LogP contribution in [0.1, 0.15) is 23.8 Å². The fourth-order valence-electron chi connectivity index (χ4n) is 3.36. The Labute approximate surface area is 156 Å². The lowest BCUT2D eigenvalue weighted by Gasteiger charge is -2.18. The summed E-state index contributed by atoms with van der Waals surface area (Å²) in [5.41, 5.74) is 2.64. The molecule has 1 aliphatic rings. The molecule has 1 amide bonds. The summed E-state index contributed by atoms with van der Waals surface area (Å²) in [7, 11) is 1.88. The minimum atomic E-state index is -0.284. The van der Waals surface area contributed by atoms with Gasteiger partial charge in [-0.15, -0.1) is 0 Å². The van der Waals surface area contributed by atoms with E-state index in [1.807, 2.05) is 32.2 Å². The first-order valence-corrected chi connectivity index (χ1v) is 8.88. The SMILES string of the molecule is Cc1c([C@H]2OCC[C@@H]2C(=O)Nc2ccc3cccc(Cl)c3n2)cnn1C. The van der Waals surface area contributed by atoms with E-state index in [2.05, 4.69) is 15.4 Å². The molecule has 0 bridgehead atoms. The number of pyridine rings is 1. The van der Waals surface area contributed by atoms with Gasteiger partial charge in [-0.25, -0.2) is 4.98 Å². The minimum Gasteiger partial charge on any atom is -0.373 e. The number of hydrogen-bond donors (Lipinski definition) is 1. The van der Waals surface area contributed by atoms with Gasteiger partial charge in [-0.1, -0.05) is 23.7 Å². The predicted molar refractivity (Wildman–Crippen MR) is 100 cm³/mol. The Kier molecular flexibility index (Phi) is 4.38. The van der Waals surface area contributed by atoms with Gasteiger partial charge in [0.2, 0.25) is 5.91 Å². The third-order valence-electron chi connectivity index (χ3n) is 4.93. The van der Waals surface area contributed by atoms with Crippen molar-refractivity contribution in [3.8, 4) is 0 Å². The third kappa shape index (κ3) is 2.95. The van der Waals surface area contributed by atoms with Crippen molar-refractivity contribution in [1.82, 2.24) is 14.8 Å². The zero-order valence-corrected chi connectivity index (χ0v) is 15.3. The van der Waals surface area contributed by atoms with Crippen LogP contribution in [0.25, 0.3) is 10.9 Å². The Morgan fingerprint density at radius 3 is 2.96 bits per heavy atom. The lowest BCUT2D eigenvalue weighted by atomic mass is 9.95. The van der Waals surface area contributed by atoms with Crippen LogP contribution in [0.15, 0.2) is 36.5 Å². The summed E-state index contributed by atoms with van der Waals surface area (Å²) < 4.78 is 7.63. The van der Waals surface area contributed by atoms with E-state index in [0.29, 0.717) is 29.4 Å². The van der Waals surface area contributed by atoms with Gasteiger partial charge >= 0.3 is 0 Å². The smallest absolute Gasteiger partial charge is 0.231 e. The highest BCUT2D eigenvalue weighted by Gasteiger charge is 2.37. The van der Waals surface area contributed by atoms with Crippen molar-refractivity contribution in [3.63, 3.8) is 0 Å². The highest BCUT2D eigenvalue weighted by atomic mass is 35.5. The van der Waals surface area contributed by atoms with Gasteiger partial charge in [0.25, 0.3) is 0 Å². The first-order valence-electron chi connectivity index (χ1n) is 8.51. The summed E-state index contributed by atoms with van der Waals surface area (Å²) in [6, 6.07) is 9.29. The molecular weight excluding hydrogens is 352 g/mol. The second kappa shape index (κ2) is 6.70. The average molecular weight is 371 g/mol. The molecule has 26 heavy (non-hydrogen) atoms. The van der Waals surface area contributed by atoms with Gasteiger partial charge in [0, 0.05) is 30.3 Å². The number of carbonyl (C=O) groups excluding carboxylic acids is 1. The van der Waals surface area contributed by atoms with Crippen molar-refractivity contribution in [2.24, 2.45) is 13.0 Å². The highest BCUT2D eigenvalue weighted by Crippen LogP contribution is 2.36. The van der Waals surface area contributed by atoms with E-state index in [9.17, 15) is 4.79 Å². The van der Waals surface area contributed by atoms with Gasteiger partial charge in [-0.05, 0) is 31.5 Å². The molecule has 1 N–H and O–H groups in total. The fourth-order valence-corrected chi connectivity index (χ4v) is 3.58. The summed E-state index contributed by atoms with van der Waals surface area (Å²) >= 11 is 6.21. The fraction of sp³-hybridized carbons (Fsp3) is 0.316. The van der Waals surface area contributed by atoms with Crippen molar-refractivity contribution in [2.75, 3.05) is 11.9 Å². The number of aromatic nitrogens is 3. The molecule has 7 heteroatoms. The number of ether oxygens (including phenoxy) is 1. The van der Waals surface area contributed by atoms with E-state index in [1.54, 1.807) is 23.0 Å². The lowest BCUT2D eigenvalue weighted by molar-refractivity contribution is -0.121. The molecule has 0 unspecified atom stereocenters. The minimum absolute atomic E-state index is 0.102. The average Bonchev–Trinajstić information content (AvgIpc) is 3.23. The number of benzene rings is 1. The van der Waals surface area contributed by atoms with Gasteiger partial charge in [-0.3, -0.25) is 9.48 Å². The van der Waals surface area contributed by atoms with Crippen LogP contribution in [0.3, 0.4) is 0 Å². The molecule has 1 aromatic carbocycles. The van der Waals surface area contributed by atoms with Crippen molar-refractivity contribution in [2.45, 2.75) is 19.4 Å². The Morgan fingerprint density at radius 2 is 2.19 bits per heavy atom. The Bertz CT molecular complexity index is 985. The predicted octanol–water partition coefficient (Wildman–Crippen LogP) is 3.65. The molecule has 2 atom stereocenters. The summed E-state index contributed by atoms with van der Waals surface area (Å²) in [6.45, 7) is 2.53. The maximum absolute atomic E-state index is 12.8. The lowest BCUT2D eigenvalue weighted by Crippen LogP contribution is -2.26. The van der Waals surface area contributed by atoms with Gasteiger partial charge < -0.3 is 10.1 Å². The first kappa shape index (κ1) is 17.0. The van der Waals surface area contributed by atoms with Crippen molar-refractivity contribution < 1.29 is 9.53 Å². The monoisotopic (exact) mass is 370 g/mol.